The van der Waals surface area contributed by atoms with Gasteiger partial charge < -0.3 is 10.1 Å². The number of hydrogen-bond donors (Lipinski definition) is 1. The number of ether oxygens (including phenoxy) is 1. The highest BCUT2D eigenvalue weighted by Crippen LogP contribution is 2.37. The summed E-state index contributed by atoms with van der Waals surface area (Å²) < 4.78 is 41.9. The first-order valence-corrected chi connectivity index (χ1v) is 7.45. The van der Waals surface area contributed by atoms with Gasteiger partial charge in [-0.1, -0.05) is 18.7 Å². The summed E-state index contributed by atoms with van der Waals surface area (Å²) in [7, 11) is 0. The Hall–Kier alpha value is 0.0600. The molecule has 1 unspecified atom stereocenters. The third-order valence-electron chi connectivity index (χ3n) is 3.23. The quantitative estimate of drug-likeness (QED) is 0.724. The number of rotatable bonds is 7. The molecule has 0 spiro atoms. The molecule has 2 nitrogen and oxygen atoms in total. The molecule has 0 bridgehead atoms. The maximum atomic E-state index is 12.2. The standard InChI is InChI=1S/C12H22F3NOS/c1-2-6-16-9-11(4-3-7-17-10-11)5-8-18-12(13,14)15/h16H,2-10H2,1H3. The number of thioether (sulfide) groups is 1. The van der Waals surface area contributed by atoms with E-state index in [1.54, 1.807) is 0 Å². The van der Waals surface area contributed by atoms with E-state index < -0.39 is 5.51 Å². The predicted molar refractivity (Wildman–Crippen MR) is 68.8 cm³/mol. The fourth-order valence-corrected chi connectivity index (χ4v) is 3.02. The van der Waals surface area contributed by atoms with Crippen molar-refractivity contribution in [1.82, 2.24) is 5.32 Å². The van der Waals surface area contributed by atoms with Gasteiger partial charge in [0.1, 0.15) is 0 Å². The van der Waals surface area contributed by atoms with Crippen molar-refractivity contribution >= 4 is 11.8 Å². The molecule has 0 aliphatic carbocycles. The molecule has 0 saturated carbocycles. The van der Waals surface area contributed by atoms with Gasteiger partial charge in [-0.3, -0.25) is 0 Å². The van der Waals surface area contributed by atoms with Crippen molar-refractivity contribution in [3.05, 3.63) is 0 Å². The summed E-state index contributed by atoms with van der Waals surface area (Å²) in [6.07, 6.45) is 3.51. The van der Waals surface area contributed by atoms with E-state index in [1.165, 1.54) is 0 Å². The van der Waals surface area contributed by atoms with Gasteiger partial charge in [-0.25, -0.2) is 0 Å². The van der Waals surface area contributed by atoms with E-state index in [9.17, 15) is 13.2 Å². The molecule has 1 rings (SSSR count). The minimum Gasteiger partial charge on any atom is -0.381 e. The Labute approximate surface area is 111 Å². The van der Waals surface area contributed by atoms with E-state index in [0.29, 0.717) is 13.0 Å². The molecule has 1 N–H and O–H groups in total. The molecule has 1 saturated heterocycles. The van der Waals surface area contributed by atoms with Gasteiger partial charge in [-0.05, 0) is 32.2 Å². The van der Waals surface area contributed by atoms with E-state index in [0.717, 1.165) is 39.0 Å². The van der Waals surface area contributed by atoms with Crippen molar-refractivity contribution < 1.29 is 17.9 Å². The molecule has 1 heterocycles. The Morgan fingerprint density at radius 1 is 1.39 bits per heavy atom. The number of nitrogens with one attached hydrogen (secondary N) is 1. The number of halogens is 3. The summed E-state index contributed by atoms with van der Waals surface area (Å²) in [4.78, 5) is 0. The Morgan fingerprint density at radius 2 is 2.17 bits per heavy atom. The monoisotopic (exact) mass is 285 g/mol. The lowest BCUT2D eigenvalue weighted by Crippen LogP contribution is -2.41. The van der Waals surface area contributed by atoms with Gasteiger partial charge >= 0.3 is 5.51 Å². The number of hydrogen-bond acceptors (Lipinski definition) is 3. The van der Waals surface area contributed by atoms with Crippen molar-refractivity contribution in [3.63, 3.8) is 0 Å². The summed E-state index contributed by atoms with van der Waals surface area (Å²) >= 11 is 0.0816. The molecule has 1 atom stereocenters. The normalized spacial score (nSPS) is 25.3. The molecule has 108 valence electrons. The lowest BCUT2D eigenvalue weighted by Gasteiger charge is -2.37. The van der Waals surface area contributed by atoms with Crippen LogP contribution in [0.2, 0.25) is 0 Å². The Morgan fingerprint density at radius 3 is 2.72 bits per heavy atom. The molecule has 0 amide bonds. The van der Waals surface area contributed by atoms with Crippen LogP contribution < -0.4 is 5.32 Å². The lowest BCUT2D eigenvalue weighted by molar-refractivity contribution is -0.0338. The highest BCUT2D eigenvalue weighted by atomic mass is 32.2. The van der Waals surface area contributed by atoms with Gasteiger partial charge in [0.25, 0.3) is 0 Å². The smallest absolute Gasteiger partial charge is 0.381 e. The van der Waals surface area contributed by atoms with E-state index >= 15 is 0 Å². The highest BCUT2D eigenvalue weighted by molar-refractivity contribution is 8.00. The predicted octanol–water partition coefficient (Wildman–Crippen LogP) is 3.43. The zero-order valence-corrected chi connectivity index (χ0v) is 11.6. The third kappa shape index (κ3) is 6.29. The van der Waals surface area contributed by atoms with Crippen LogP contribution in [0.1, 0.15) is 32.6 Å². The van der Waals surface area contributed by atoms with Crippen molar-refractivity contribution in [3.8, 4) is 0 Å². The fourth-order valence-electron chi connectivity index (χ4n) is 2.25. The van der Waals surface area contributed by atoms with Crippen LogP contribution in [-0.4, -0.2) is 37.6 Å². The summed E-state index contributed by atoms with van der Waals surface area (Å²) in [6.45, 7) is 5.08. The molecular weight excluding hydrogens is 263 g/mol. The third-order valence-corrected chi connectivity index (χ3v) is 3.96. The van der Waals surface area contributed by atoms with Crippen molar-refractivity contribution in [1.29, 1.82) is 0 Å². The molecule has 0 aromatic heterocycles. The second kappa shape index (κ2) is 7.60. The minimum atomic E-state index is -4.12. The summed E-state index contributed by atoms with van der Waals surface area (Å²) in [5.74, 6) is 0.126. The molecular formula is C12H22F3NOS. The first-order chi connectivity index (χ1) is 8.47. The zero-order valence-electron chi connectivity index (χ0n) is 10.8. The van der Waals surface area contributed by atoms with Crippen LogP contribution in [0.25, 0.3) is 0 Å². The van der Waals surface area contributed by atoms with Crippen molar-refractivity contribution in [2.75, 3.05) is 32.1 Å². The largest absolute Gasteiger partial charge is 0.441 e. The zero-order chi connectivity index (χ0) is 13.5. The Bertz CT molecular complexity index is 230. The number of alkyl halides is 3. The molecule has 0 aromatic carbocycles. The topological polar surface area (TPSA) is 21.3 Å². The summed E-state index contributed by atoms with van der Waals surface area (Å²) in [6, 6.07) is 0. The van der Waals surface area contributed by atoms with Crippen LogP contribution in [0.5, 0.6) is 0 Å². The van der Waals surface area contributed by atoms with Gasteiger partial charge in [0.05, 0.1) is 6.61 Å². The Balaban J connectivity index is 2.39. The maximum Gasteiger partial charge on any atom is 0.441 e. The molecule has 6 heteroatoms. The average Bonchev–Trinajstić information content (AvgIpc) is 2.29. The average molecular weight is 285 g/mol. The first-order valence-electron chi connectivity index (χ1n) is 6.47. The first kappa shape index (κ1) is 16.1. The van der Waals surface area contributed by atoms with Crippen molar-refractivity contribution in [2.24, 2.45) is 5.41 Å². The van der Waals surface area contributed by atoms with Crippen LogP contribution in [-0.2, 0) is 4.74 Å². The molecule has 1 fully saturated rings. The van der Waals surface area contributed by atoms with Gasteiger partial charge in [0.2, 0.25) is 0 Å². The summed E-state index contributed by atoms with van der Waals surface area (Å²) in [5.41, 5.74) is -4.22. The molecule has 1 aliphatic heterocycles. The molecule has 18 heavy (non-hydrogen) atoms. The second-order valence-corrected chi connectivity index (χ2v) is 6.04. The lowest BCUT2D eigenvalue weighted by atomic mass is 9.80. The van der Waals surface area contributed by atoms with E-state index in [4.69, 9.17) is 4.74 Å². The SMILES string of the molecule is CCCNCC1(CCSC(F)(F)F)CCCOC1. The van der Waals surface area contributed by atoms with Crippen LogP contribution >= 0.6 is 11.8 Å². The van der Waals surface area contributed by atoms with Crippen LogP contribution in [0.3, 0.4) is 0 Å². The molecule has 0 aromatic rings. The van der Waals surface area contributed by atoms with Crippen molar-refractivity contribution in [2.45, 2.75) is 38.1 Å². The van der Waals surface area contributed by atoms with Gasteiger partial charge in [-0.15, -0.1) is 0 Å². The highest BCUT2D eigenvalue weighted by Gasteiger charge is 2.35. The molecule has 0 radical (unpaired) electrons. The fraction of sp³-hybridized carbons (Fsp3) is 1.00. The second-order valence-electron chi connectivity index (χ2n) is 4.88. The molecule has 1 aliphatic rings. The van der Waals surface area contributed by atoms with Crippen LogP contribution in [0.15, 0.2) is 0 Å². The van der Waals surface area contributed by atoms with Gasteiger partial charge in [0, 0.05) is 24.3 Å². The van der Waals surface area contributed by atoms with Crippen LogP contribution in [0, 0.1) is 5.41 Å². The minimum absolute atomic E-state index is 0.0816. The van der Waals surface area contributed by atoms with Gasteiger partial charge in [-0.2, -0.15) is 13.2 Å². The van der Waals surface area contributed by atoms with E-state index in [-0.39, 0.29) is 22.9 Å². The van der Waals surface area contributed by atoms with E-state index in [1.807, 2.05) is 0 Å². The Kier molecular flexibility index (Phi) is 6.81. The van der Waals surface area contributed by atoms with Gasteiger partial charge in [0.15, 0.2) is 0 Å². The van der Waals surface area contributed by atoms with E-state index in [2.05, 4.69) is 12.2 Å². The summed E-state index contributed by atoms with van der Waals surface area (Å²) in [5, 5.41) is 3.32. The maximum absolute atomic E-state index is 12.2. The van der Waals surface area contributed by atoms with Crippen LogP contribution in [0.4, 0.5) is 13.2 Å².